The van der Waals surface area contributed by atoms with Gasteiger partial charge >= 0.3 is 0 Å². The van der Waals surface area contributed by atoms with Crippen LogP contribution in [0.1, 0.15) is 31.4 Å². The molecule has 31 heavy (non-hydrogen) atoms. The van der Waals surface area contributed by atoms with Gasteiger partial charge in [-0.2, -0.15) is 10.1 Å². The topological polar surface area (TPSA) is 79.8 Å². The van der Waals surface area contributed by atoms with Crippen LogP contribution in [0.25, 0.3) is 22.6 Å². The van der Waals surface area contributed by atoms with Gasteiger partial charge < -0.3 is 4.74 Å². The van der Waals surface area contributed by atoms with Gasteiger partial charge in [-0.25, -0.2) is 4.98 Å². The highest BCUT2D eigenvalue weighted by atomic mass is 35.5. The number of hydrogen-bond acceptors (Lipinski definition) is 5. The lowest BCUT2D eigenvalue weighted by atomic mass is 10.1. The molecule has 9 heteroatoms. The van der Waals surface area contributed by atoms with Crippen LogP contribution in [0.5, 0.6) is 0 Å². The molecule has 1 aromatic carbocycles. The normalized spacial score (nSPS) is 11.5. The smallest absolute Gasteiger partial charge is 0.280 e. The lowest BCUT2D eigenvalue weighted by molar-refractivity contribution is 0.135. The Kier molecular flexibility index (Phi) is 6.20. The predicted octanol–water partition coefficient (Wildman–Crippen LogP) is 3.73. The van der Waals surface area contributed by atoms with Crippen molar-refractivity contribution in [3.63, 3.8) is 0 Å². The molecule has 3 heterocycles. The highest BCUT2D eigenvalue weighted by Gasteiger charge is 2.20. The van der Waals surface area contributed by atoms with Crippen molar-refractivity contribution in [3.05, 3.63) is 63.4 Å². The van der Waals surface area contributed by atoms with Crippen LogP contribution in [0, 0.1) is 0 Å². The maximum Gasteiger partial charge on any atom is 0.280 e. The Labute approximate surface area is 185 Å². The second kappa shape index (κ2) is 9.03. The summed E-state index contributed by atoms with van der Waals surface area (Å²) in [6, 6.07) is 8.45. The van der Waals surface area contributed by atoms with Crippen LogP contribution in [-0.2, 0) is 31.0 Å². The van der Waals surface area contributed by atoms with Crippen LogP contribution < -0.4 is 5.56 Å². The molecule has 4 rings (SSSR count). The summed E-state index contributed by atoms with van der Waals surface area (Å²) in [7, 11) is 1.58. The summed E-state index contributed by atoms with van der Waals surface area (Å²) in [5, 5.41) is 4.63. The first-order valence-electron chi connectivity index (χ1n) is 10.3. The fourth-order valence-electron chi connectivity index (χ4n) is 3.68. The molecular formula is C22H25ClN6O2. The average Bonchev–Trinajstić information content (AvgIpc) is 3.36. The van der Waals surface area contributed by atoms with Gasteiger partial charge in [-0.05, 0) is 35.6 Å². The monoisotopic (exact) mass is 440 g/mol. The first kappa shape index (κ1) is 21.3. The molecule has 0 fully saturated rings. The number of fused-ring (bicyclic) bond motifs is 1. The van der Waals surface area contributed by atoms with E-state index in [1.54, 1.807) is 17.9 Å². The molecule has 8 nitrogen and oxygen atoms in total. The van der Waals surface area contributed by atoms with Crippen LogP contribution in [0.2, 0.25) is 5.28 Å². The zero-order chi connectivity index (χ0) is 22.0. The number of rotatable bonds is 8. The Hall–Kier alpha value is -2.97. The van der Waals surface area contributed by atoms with Crippen LogP contribution >= 0.6 is 11.6 Å². The summed E-state index contributed by atoms with van der Waals surface area (Å²) in [5.41, 5.74) is 3.69. The number of aryl methyl sites for hydroxylation is 1. The molecule has 0 atom stereocenters. The third kappa shape index (κ3) is 4.13. The van der Waals surface area contributed by atoms with Crippen LogP contribution in [0.3, 0.4) is 0 Å². The largest absolute Gasteiger partial charge is 0.364 e. The van der Waals surface area contributed by atoms with Gasteiger partial charge in [-0.1, -0.05) is 38.1 Å². The van der Waals surface area contributed by atoms with Crippen molar-refractivity contribution in [1.82, 2.24) is 28.9 Å². The first-order valence-corrected chi connectivity index (χ1v) is 10.7. The maximum atomic E-state index is 13.1. The lowest BCUT2D eigenvalue weighted by Gasteiger charge is -2.09. The molecule has 0 amide bonds. The molecule has 162 valence electrons. The highest BCUT2D eigenvalue weighted by Crippen LogP contribution is 2.23. The average molecular weight is 441 g/mol. The van der Waals surface area contributed by atoms with Crippen molar-refractivity contribution in [2.45, 2.75) is 46.5 Å². The van der Waals surface area contributed by atoms with Crippen LogP contribution in [0.4, 0.5) is 0 Å². The number of ether oxygens (including phenoxy) is 1. The maximum absolute atomic E-state index is 13.1. The fraction of sp³-hybridized carbons (Fsp3) is 0.364. The summed E-state index contributed by atoms with van der Waals surface area (Å²) >= 11 is 6.25. The van der Waals surface area contributed by atoms with Crippen LogP contribution in [0.15, 0.2) is 41.5 Å². The van der Waals surface area contributed by atoms with E-state index in [9.17, 15) is 4.79 Å². The van der Waals surface area contributed by atoms with Gasteiger partial charge in [0.25, 0.3) is 5.56 Å². The van der Waals surface area contributed by atoms with Gasteiger partial charge in [0, 0.05) is 19.9 Å². The Morgan fingerprint density at radius 1 is 1.13 bits per heavy atom. The van der Waals surface area contributed by atoms with E-state index in [0.29, 0.717) is 30.1 Å². The summed E-state index contributed by atoms with van der Waals surface area (Å²) in [4.78, 5) is 22.0. The zero-order valence-electron chi connectivity index (χ0n) is 17.9. The van der Waals surface area contributed by atoms with E-state index in [4.69, 9.17) is 16.3 Å². The van der Waals surface area contributed by atoms with Crippen molar-refractivity contribution in [1.29, 1.82) is 0 Å². The van der Waals surface area contributed by atoms with E-state index >= 15 is 0 Å². The quantitative estimate of drug-likeness (QED) is 0.390. The van der Waals surface area contributed by atoms with Crippen LogP contribution in [-0.4, -0.2) is 36.0 Å². The van der Waals surface area contributed by atoms with E-state index in [2.05, 4.69) is 46.3 Å². The third-order valence-corrected chi connectivity index (χ3v) is 5.45. The summed E-state index contributed by atoms with van der Waals surface area (Å²) in [6.45, 7) is 5.42. The van der Waals surface area contributed by atoms with Gasteiger partial charge in [0.1, 0.15) is 12.6 Å². The molecule has 0 spiro atoms. The minimum absolute atomic E-state index is 0.138. The third-order valence-electron chi connectivity index (χ3n) is 5.16. The Morgan fingerprint density at radius 2 is 1.94 bits per heavy atom. The molecule has 0 unspecified atom stereocenters. The van der Waals surface area contributed by atoms with Gasteiger partial charge in [0.05, 0.1) is 18.3 Å². The number of hydrogen-bond donors (Lipinski definition) is 0. The Bertz CT molecular complexity index is 1270. The molecule has 0 N–H and O–H groups in total. The van der Waals surface area contributed by atoms with Crippen molar-refractivity contribution >= 4 is 22.8 Å². The molecule has 0 aliphatic rings. The molecule has 0 aliphatic heterocycles. The molecule has 4 aromatic rings. The van der Waals surface area contributed by atoms with Gasteiger partial charge in [0.15, 0.2) is 11.2 Å². The number of nitrogens with zero attached hydrogens (tertiary/aromatic N) is 6. The minimum Gasteiger partial charge on any atom is -0.364 e. The number of halogens is 1. The van der Waals surface area contributed by atoms with Crippen molar-refractivity contribution in [2.75, 3.05) is 7.11 Å². The zero-order valence-corrected chi connectivity index (χ0v) is 18.6. The van der Waals surface area contributed by atoms with E-state index in [-0.39, 0.29) is 17.6 Å². The molecular weight excluding hydrogens is 416 g/mol. The molecule has 0 bridgehead atoms. The standard InChI is InChI=1S/C22H25ClN6O2/c1-4-9-28-21(30)18-19(26-22(28)23)25-20(29(18)14-31-3)17-11-24-27(13-17)12-16-8-6-7-15(5-2)10-16/h6-8,10-11,13H,4-5,9,12,14H2,1-3H3. The number of imidazole rings is 1. The summed E-state index contributed by atoms with van der Waals surface area (Å²) < 4.78 is 10.4. The summed E-state index contributed by atoms with van der Waals surface area (Å²) in [5.74, 6) is 0.570. The van der Waals surface area contributed by atoms with Gasteiger partial charge in [-0.3, -0.25) is 18.6 Å². The Balaban J connectivity index is 1.76. The SMILES string of the molecule is CCCn1c(Cl)nc2nc(-c3cnn(Cc4cccc(CC)c4)c3)n(COC)c2c1=O. The lowest BCUT2D eigenvalue weighted by Crippen LogP contribution is -2.24. The number of aromatic nitrogens is 6. The number of benzene rings is 1. The summed E-state index contributed by atoms with van der Waals surface area (Å²) in [6.07, 6.45) is 5.41. The van der Waals surface area contributed by atoms with E-state index < -0.39 is 0 Å². The Morgan fingerprint density at radius 3 is 2.68 bits per heavy atom. The van der Waals surface area contributed by atoms with Crippen molar-refractivity contribution in [2.24, 2.45) is 0 Å². The van der Waals surface area contributed by atoms with E-state index in [1.807, 2.05) is 17.8 Å². The first-order chi connectivity index (χ1) is 15.0. The highest BCUT2D eigenvalue weighted by molar-refractivity contribution is 6.28. The molecule has 0 radical (unpaired) electrons. The molecule has 0 saturated heterocycles. The second-order valence-electron chi connectivity index (χ2n) is 7.39. The number of methoxy groups -OCH3 is 1. The molecule has 3 aromatic heterocycles. The van der Waals surface area contributed by atoms with E-state index in [1.165, 1.54) is 15.7 Å². The second-order valence-corrected chi connectivity index (χ2v) is 7.73. The van der Waals surface area contributed by atoms with Gasteiger partial charge in [0.2, 0.25) is 5.28 Å². The molecule has 0 saturated carbocycles. The van der Waals surface area contributed by atoms with E-state index in [0.717, 1.165) is 18.4 Å². The van der Waals surface area contributed by atoms with Crippen molar-refractivity contribution in [3.8, 4) is 11.4 Å². The van der Waals surface area contributed by atoms with Gasteiger partial charge in [-0.15, -0.1) is 0 Å². The molecule has 0 aliphatic carbocycles. The minimum atomic E-state index is -0.226. The predicted molar refractivity (Wildman–Crippen MR) is 120 cm³/mol. The van der Waals surface area contributed by atoms with Crippen molar-refractivity contribution < 1.29 is 4.74 Å². The fourth-order valence-corrected chi connectivity index (χ4v) is 3.92.